The van der Waals surface area contributed by atoms with Crippen molar-refractivity contribution < 1.29 is 9.13 Å². The Morgan fingerprint density at radius 1 is 1.00 bits per heavy atom. The highest BCUT2D eigenvalue weighted by Crippen LogP contribution is 2.30. The Morgan fingerprint density at radius 2 is 1.70 bits per heavy atom. The molecule has 4 heteroatoms. The first-order valence-electron chi connectivity index (χ1n) is 8.15. The van der Waals surface area contributed by atoms with Gasteiger partial charge >= 0.3 is 0 Å². The Kier molecular flexibility index (Phi) is 5.61. The standard InChI is InChI=1S/C19H23FN2O/c20-14-18(22-12-10-21-11-13-22)17-8-4-5-9-19(17)23-15-16-6-2-1-3-7-16/h1-9,18,21H,10-15H2/t18-/m0/s1. The van der Waals surface area contributed by atoms with Gasteiger partial charge in [-0.2, -0.15) is 0 Å². The lowest BCUT2D eigenvalue weighted by atomic mass is 10.0. The number of alkyl halides is 1. The summed E-state index contributed by atoms with van der Waals surface area (Å²) in [5, 5.41) is 3.31. The van der Waals surface area contributed by atoms with Crippen LogP contribution in [-0.4, -0.2) is 37.8 Å². The third kappa shape index (κ3) is 4.09. The van der Waals surface area contributed by atoms with Crippen LogP contribution in [0.2, 0.25) is 0 Å². The summed E-state index contributed by atoms with van der Waals surface area (Å²) >= 11 is 0. The van der Waals surface area contributed by atoms with Gasteiger partial charge in [-0.1, -0.05) is 48.5 Å². The molecule has 0 saturated carbocycles. The molecule has 0 aromatic heterocycles. The van der Waals surface area contributed by atoms with Crippen LogP contribution < -0.4 is 10.1 Å². The van der Waals surface area contributed by atoms with Crippen LogP contribution >= 0.6 is 0 Å². The van der Waals surface area contributed by atoms with Crippen LogP contribution in [0.3, 0.4) is 0 Å². The van der Waals surface area contributed by atoms with E-state index in [0.717, 1.165) is 43.1 Å². The second kappa shape index (κ2) is 8.09. The Bertz CT molecular complexity index is 599. The molecule has 1 saturated heterocycles. The van der Waals surface area contributed by atoms with Crippen molar-refractivity contribution in [3.63, 3.8) is 0 Å². The summed E-state index contributed by atoms with van der Waals surface area (Å²) in [4.78, 5) is 2.20. The molecule has 1 N–H and O–H groups in total. The highest BCUT2D eigenvalue weighted by Gasteiger charge is 2.24. The van der Waals surface area contributed by atoms with Gasteiger partial charge in [0.25, 0.3) is 0 Å². The van der Waals surface area contributed by atoms with E-state index in [0.29, 0.717) is 6.61 Å². The van der Waals surface area contributed by atoms with E-state index in [-0.39, 0.29) is 6.04 Å². The minimum Gasteiger partial charge on any atom is -0.489 e. The van der Waals surface area contributed by atoms with Gasteiger partial charge in [-0.15, -0.1) is 0 Å². The van der Waals surface area contributed by atoms with Crippen LogP contribution in [0.4, 0.5) is 4.39 Å². The van der Waals surface area contributed by atoms with Gasteiger partial charge in [0.2, 0.25) is 0 Å². The van der Waals surface area contributed by atoms with E-state index in [9.17, 15) is 4.39 Å². The number of para-hydroxylation sites is 1. The smallest absolute Gasteiger partial charge is 0.124 e. The summed E-state index contributed by atoms with van der Waals surface area (Å²) in [6, 6.07) is 17.6. The van der Waals surface area contributed by atoms with Crippen molar-refractivity contribution in [3.05, 3.63) is 65.7 Å². The molecule has 3 nitrogen and oxygen atoms in total. The van der Waals surface area contributed by atoms with Gasteiger partial charge in [0.15, 0.2) is 0 Å². The topological polar surface area (TPSA) is 24.5 Å². The molecule has 2 aromatic rings. The molecule has 0 spiro atoms. The fraction of sp³-hybridized carbons (Fsp3) is 0.368. The van der Waals surface area contributed by atoms with E-state index in [1.165, 1.54) is 0 Å². The number of nitrogens with zero attached hydrogens (tertiary/aromatic N) is 1. The van der Waals surface area contributed by atoms with Crippen LogP contribution in [-0.2, 0) is 6.61 Å². The molecular weight excluding hydrogens is 291 g/mol. The summed E-state index contributed by atoms with van der Waals surface area (Å²) in [6.07, 6.45) is 0. The van der Waals surface area contributed by atoms with Crippen LogP contribution in [0, 0.1) is 0 Å². The molecule has 1 atom stereocenters. The van der Waals surface area contributed by atoms with Gasteiger partial charge in [0.05, 0.1) is 6.04 Å². The average Bonchev–Trinajstić information content (AvgIpc) is 2.63. The van der Waals surface area contributed by atoms with Gasteiger partial charge in [0.1, 0.15) is 19.0 Å². The van der Waals surface area contributed by atoms with Crippen molar-refractivity contribution in [2.45, 2.75) is 12.6 Å². The summed E-state index contributed by atoms with van der Waals surface area (Å²) in [6.45, 7) is 3.64. The van der Waals surface area contributed by atoms with Crippen molar-refractivity contribution in [2.24, 2.45) is 0 Å². The molecule has 1 aliphatic heterocycles. The zero-order valence-electron chi connectivity index (χ0n) is 13.2. The van der Waals surface area contributed by atoms with Crippen LogP contribution in [0.25, 0.3) is 0 Å². The van der Waals surface area contributed by atoms with Crippen molar-refractivity contribution >= 4 is 0 Å². The van der Waals surface area contributed by atoms with Gasteiger partial charge < -0.3 is 10.1 Å². The third-order valence-corrected chi connectivity index (χ3v) is 4.25. The Labute approximate surface area is 137 Å². The molecule has 0 bridgehead atoms. The molecule has 3 rings (SSSR count). The Balaban J connectivity index is 1.75. The number of benzene rings is 2. The molecule has 0 radical (unpaired) electrons. The van der Waals surface area contributed by atoms with Crippen LogP contribution in [0.1, 0.15) is 17.2 Å². The average molecular weight is 314 g/mol. The summed E-state index contributed by atoms with van der Waals surface area (Å²) < 4.78 is 19.7. The number of nitrogens with one attached hydrogen (secondary N) is 1. The van der Waals surface area contributed by atoms with Gasteiger partial charge in [0, 0.05) is 31.7 Å². The van der Waals surface area contributed by atoms with Crippen molar-refractivity contribution in [1.82, 2.24) is 10.2 Å². The number of piperazine rings is 1. The first-order valence-corrected chi connectivity index (χ1v) is 8.15. The molecule has 0 aliphatic carbocycles. The quantitative estimate of drug-likeness (QED) is 0.886. The lowest BCUT2D eigenvalue weighted by molar-refractivity contribution is 0.143. The monoisotopic (exact) mass is 314 g/mol. The predicted octanol–water partition coefficient (Wildman–Crippen LogP) is 3.18. The fourth-order valence-corrected chi connectivity index (χ4v) is 2.99. The Morgan fingerprint density at radius 3 is 2.43 bits per heavy atom. The Hall–Kier alpha value is -1.91. The van der Waals surface area contributed by atoms with E-state index >= 15 is 0 Å². The van der Waals surface area contributed by atoms with Crippen molar-refractivity contribution in [2.75, 3.05) is 32.9 Å². The molecule has 0 unspecified atom stereocenters. The summed E-state index contributed by atoms with van der Waals surface area (Å²) in [5.74, 6) is 0.775. The highest BCUT2D eigenvalue weighted by molar-refractivity contribution is 5.36. The largest absolute Gasteiger partial charge is 0.489 e. The normalized spacial score (nSPS) is 16.9. The molecule has 1 heterocycles. The maximum absolute atomic E-state index is 13.8. The van der Waals surface area contributed by atoms with E-state index < -0.39 is 6.67 Å². The molecule has 0 amide bonds. The van der Waals surface area contributed by atoms with Crippen molar-refractivity contribution in [3.8, 4) is 5.75 Å². The van der Waals surface area contributed by atoms with Crippen LogP contribution in [0.5, 0.6) is 5.75 Å². The zero-order chi connectivity index (χ0) is 15.9. The van der Waals surface area contributed by atoms with Crippen molar-refractivity contribution in [1.29, 1.82) is 0 Å². The van der Waals surface area contributed by atoms with Crippen LogP contribution in [0.15, 0.2) is 54.6 Å². The number of hydrogen-bond donors (Lipinski definition) is 1. The van der Waals surface area contributed by atoms with E-state index in [4.69, 9.17) is 4.74 Å². The summed E-state index contributed by atoms with van der Waals surface area (Å²) in [5.41, 5.74) is 2.05. The molecule has 122 valence electrons. The number of hydrogen-bond acceptors (Lipinski definition) is 3. The minimum absolute atomic E-state index is 0.232. The third-order valence-electron chi connectivity index (χ3n) is 4.25. The summed E-state index contributed by atoms with van der Waals surface area (Å²) in [7, 11) is 0. The van der Waals surface area contributed by atoms with Gasteiger partial charge in [-0.05, 0) is 11.6 Å². The maximum Gasteiger partial charge on any atom is 0.124 e. The SMILES string of the molecule is FC[C@@H](c1ccccc1OCc1ccccc1)N1CCNCC1. The lowest BCUT2D eigenvalue weighted by Gasteiger charge is -2.34. The number of ether oxygens (including phenoxy) is 1. The van der Waals surface area contributed by atoms with E-state index in [2.05, 4.69) is 10.2 Å². The first-order chi connectivity index (χ1) is 11.4. The van der Waals surface area contributed by atoms with E-state index in [1.807, 2.05) is 54.6 Å². The second-order valence-corrected chi connectivity index (χ2v) is 5.77. The molecular formula is C19H23FN2O. The van der Waals surface area contributed by atoms with Gasteiger partial charge in [-0.25, -0.2) is 4.39 Å². The lowest BCUT2D eigenvalue weighted by Crippen LogP contribution is -2.45. The number of rotatable bonds is 6. The van der Waals surface area contributed by atoms with E-state index in [1.54, 1.807) is 0 Å². The van der Waals surface area contributed by atoms with Gasteiger partial charge in [-0.3, -0.25) is 4.90 Å². The zero-order valence-corrected chi connectivity index (χ0v) is 13.2. The maximum atomic E-state index is 13.8. The molecule has 1 fully saturated rings. The highest BCUT2D eigenvalue weighted by atomic mass is 19.1. The fourth-order valence-electron chi connectivity index (χ4n) is 2.99. The molecule has 1 aliphatic rings. The molecule has 23 heavy (non-hydrogen) atoms. The first kappa shape index (κ1) is 16.0. The second-order valence-electron chi connectivity index (χ2n) is 5.77. The predicted molar refractivity (Wildman–Crippen MR) is 90.4 cm³/mol. The minimum atomic E-state index is -0.397. The molecule has 2 aromatic carbocycles. The number of halogens is 1.